The molecule has 7 heteroatoms. The largest absolute Gasteiger partial charge is 0.393 e. The van der Waals surface area contributed by atoms with Crippen molar-refractivity contribution in [3.05, 3.63) is 35.4 Å². The molecular formula is C24H41N5O2. The van der Waals surface area contributed by atoms with E-state index >= 15 is 0 Å². The van der Waals surface area contributed by atoms with Gasteiger partial charge in [0.2, 0.25) is 0 Å². The summed E-state index contributed by atoms with van der Waals surface area (Å²) in [4.78, 5) is 9.37. The third-order valence-corrected chi connectivity index (χ3v) is 6.42. The van der Waals surface area contributed by atoms with Crippen LogP contribution in [0.3, 0.4) is 0 Å². The molecule has 174 valence electrons. The van der Waals surface area contributed by atoms with E-state index in [9.17, 15) is 5.11 Å². The van der Waals surface area contributed by atoms with Crippen LogP contribution in [0.15, 0.2) is 29.3 Å². The van der Waals surface area contributed by atoms with E-state index < -0.39 is 0 Å². The van der Waals surface area contributed by atoms with E-state index in [1.54, 1.807) is 7.11 Å². The van der Waals surface area contributed by atoms with Gasteiger partial charge < -0.3 is 25.4 Å². The van der Waals surface area contributed by atoms with Gasteiger partial charge in [-0.05, 0) is 43.2 Å². The first-order valence-electron chi connectivity index (χ1n) is 11.8. The smallest absolute Gasteiger partial charge is 0.191 e. The zero-order valence-electron chi connectivity index (χ0n) is 19.4. The van der Waals surface area contributed by atoms with Gasteiger partial charge in [-0.3, -0.25) is 9.89 Å². The highest BCUT2D eigenvalue weighted by molar-refractivity contribution is 5.79. The van der Waals surface area contributed by atoms with Crippen molar-refractivity contribution >= 4 is 5.96 Å². The summed E-state index contributed by atoms with van der Waals surface area (Å²) in [6, 6.07) is 9.32. The number of likely N-dealkylation sites (tertiary alicyclic amines) is 2. The highest BCUT2D eigenvalue weighted by Crippen LogP contribution is 2.14. The van der Waals surface area contributed by atoms with E-state index in [1.165, 1.54) is 11.1 Å². The molecular weight excluding hydrogens is 390 g/mol. The molecule has 0 radical (unpaired) electrons. The number of hydrogen-bond donors (Lipinski definition) is 3. The average molecular weight is 432 g/mol. The number of aliphatic imine (C=N–C) groups is 1. The maximum atomic E-state index is 9.65. The molecule has 2 heterocycles. The van der Waals surface area contributed by atoms with E-state index in [1.807, 2.05) is 7.05 Å². The second-order valence-corrected chi connectivity index (χ2v) is 8.86. The van der Waals surface area contributed by atoms with Gasteiger partial charge in [0.25, 0.3) is 0 Å². The van der Waals surface area contributed by atoms with Crippen LogP contribution in [0.1, 0.15) is 43.2 Å². The first kappa shape index (κ1) is 24.0. The molecule has 0 bridgehead atoms. The molecule has 1 aromatic carbocycles. The summed E-state index contributed by atoms with van der Waals surface area (Å²) in [6.45, 7) is 7.95. The maximum Gasteiger partial charge on any atom is 0.191 e. The van der Waals surface area contributed by atoms with Crippen LogP contribution in [-0.2, 0) is 17.8 Å². The van der Waals surface area contributed by atoms with Crippen LogP contribution in [0, 0.1) is 0 Å². The van der Waals surface area contributed by atoms with E-state index in [0.717, 1.165) is 90.5 Å². The summed E-state index contributed by atoms with van der Waals surface area (Å²) in [5.74, 6) is 0.883. The molecule has 2 aliphatic rings. The van der Waals surface area contributed by atoms with Gasteiger partial charge in [0.15, 0.2) is 5.96 Å². The lowest BCUT2D eigenvalue weighted by Crippen LogP contribution is -2.48. The Morgan fingerprint density at radius 3 is 2.32 bits per heavy atom. The number of ether oxygens (including phenoxy) is 1. The molecule has 3 N–H and O–H groups in total. The van der Waals surface area contributed by atoms with E-state index in [2.05, 4.69) is 49.7 Å². The molecule has 31 heavy (non-hydrogen) atoms. The molecule has 2 fully saturated rings. The first-order valence-corrected chi connectivity index (χ1v) is 11.8. The summed E-state index contributed by atoms with van der Waals surface area (Å²) < 4.78 is 5.16. The molecule has 0 atom stereocenters. The minimum atomic E-state index is -0.110. The van der Waals surface area contributed by atoms with Crippen molar-refractivity contribution in [3.8, 4) is 0 Å². The number of aliphatic hydroxyl groups excluding tert-OH is 1. The van der Waals surface area contributed by atoms with Crippen molar-refractivity contribution in [2.45, 2.75) is 57.3 Å². The van der Waals surface area contributed by atoms with Gasteiger partial charge in [-0.25, -0.2) is 0 Å². The topological polar surface area (TPSA) is 72.4 Å². The number of nitrogens with one attached hydrogen (secondary N) is 2. The molecule has 0 saturated carbocycles. The van der Waals surface area contributed by atoms with Crippen LogP contribution >= 0.6 is 0 Å². The number of methoxy groups -OCH3 is 1. The fraction of sp³-hybridized carbons (Fsp3) is 0.708. The van der Waals surface area contributed by atoms with Crippen molar-refractivity contribution in [2.75, 3.05) is 53.5 Å². The van der Waals surface area contributed by atoms with Crippen LogP contribution in [-0.4, -0.2) is 86.5 Å². The summed E-state index contributed by atoms with van der Waals surface area (Å²) >= 11 is 0. The molecule has 2 saturated heterocycles. The molecule has 3 rings (SSSR count). The summed E-state index contributed by atoms with van der Waals surface area (Å²) in [6.07, 6.45) is 5.08. The summed E-state index contributed by atoms with van der Waals surface area (Å²) in [7, 11) is 3.61. The van der Waals surface area contributed by atoms with E-state index in [4.69, 9.17) is 4.74 Å². The molecule has 7 nitrogen and oxygen atoms in total. The fourth-order valence-electron chi connectivity index (χ4n) is 4.41. The average Bonchev–Trinajstić information content (AvgIpc) is 2.80. The Kier molecular flexibility index (Phi) is 10.1. The van der Waals surface area contributed by atoms with Gasteiger partial charge in [-0.1, -0.05) is 24.3 Å². The van der Waals surface area contributed by atoms with Crippen LogP contribution in [0.4, 0.5) is 0 Å². The number of hydrogen-bond acceptors (Lipinski definition) is 5. The second kappa shape index (κ2) is 13.0. The highest BCUT2D eigenvalue weighted by atomic mass is 16.5. The van der Waals surface area contributed by atoms with Gasteiger partial charge in [0.05, 0.1) is 6.10 Å². The lowest BCUT2D eigenvalue weighted by Gasteiger charge is -2.33. The lowest BCUT2D eigenvalue weighted by molar-refractivity contribution is 0.0792. The SMILES string of the molecule is CN=C(NCc1ccc(CN2CCC(O)CC2)cc1)NC1CCN(CCCOC)CC1. The number of rotatable bonds is 9. The van der Waals surface area contributed by atoms with Crippen molar-refractivity contribution in [1.82, 2.24) is 20.4 Å². The van der Waals surface area contributed by atoms with E-state index in [-0.39, 0.29) is 6.10 Å². The normalized spacial score (nSPS) is 20.2. The van der Waals surface area contributed by atoms with E-state index in [0.29, 0.717) is 6.04 Å². The summed E-state index contributed by atoms with van der Waals surface area (Å²) in [5, 5.41) is 16.7. The predicted molar refractivity (Wildman–Crippen MR) is 126 cm³/mol. The number of benzene rings is 1. The van der Waals surface area contributed by atoms with Gasteiger partial charge >= 0.3 is 0 Å². The molecule has 2 aliphatic heterocycles. The molecule has 0 aliphatic carbocycles. The first-order chi connectivity index (χ1) is 15.2. The van der Waals surface area contributed by atoms with Gasteiger partial charge in [0.1, 0.15) is 0 Å². The molecule has 0 unspecified atom stereocenters. The zero-order chi connectivity index (χ0) is 21.9. The van der Waals surface area contributed by atoms with Crippen LogP contribution in [0.25, 0.3) is 0 Å². The number of guanidine groups is 1. The quantitative estimate of drug-likeness (QED) is 0.315. The van der Waals surface area contributed by atoms with Gasteiger partial charge in [-0.15, -0.1) is 0 Å². The Labute approximate surface area is 187 Å². The third-order valence-electron chi connectivity index (χ3n) is 6.42. The number of piperidine rings is 2. The number of aliphatic hydroxyl groups is 1. The maximum absolute atomic E-state index is 9.65. The molecule has 0 spiro atoms. The Morgan fingerprint density at radius 2 is 1.68 bits per heavy atom. The second-order valence-electron chi connectivity index (χ2n) is 8.86. The third kappa shape index (κ3) is 8.41. The zero-order valence-corrected chi connectivity index (χ0v) is 19.4. The van der Waals surface area contributed by atoms with Crippen molar-refractivity contribution in [3.63, 3.8) is 0 Å². The minimum Gasteiger partial charge on any atom is -0.393 e. The van der Waals surface area contributed by atoms with Crippen LogP contribution in [0.2, 0.25) is 0 Å². The molecule has 0 amide bonds. The minimum absolute atomic E-state index is 0.110. The highest BCUT2D eigenvalue weighted by Gasteiger charge is 2.20. The van der Waals surface area contributed by atoms with Crippen molar-refractivity contribution in [1.29, 1.82) is 0 Å². The van der Waals surface area contributed by atoms with Gasteiger partial charge in [0, 0.05) is 72.6 Å². The van der Waals surface area contributed by atoms with Gasteiger partial charge in [-0.2, -0.15) is 0 Å². The van der Waals surface area contributed by atoms with Crippen LogP contribution in [0.5, 0.6) is 0 Å². The summed E-state index contributed by atoms with van der Waals surface area (Å²) in [5.41, 5.74) is 2.59. The Balaban J connectivity index is 1.36. The van der Waals surface area contributed by atoms with Crippen molar-refractivity contribution in [2.24, 2.45) is 4.99 Å². The van der Waals surface area contributed by atoms with Crippen LogP contribution < -0.4 is 10.6 Å². The molecule has 0 aromatic heterocycles. The standard InChI is InChI=1S/C24H41N5O2/c1-25-24(27-22-8-13-28(14-9-22)12-3-17-31-2)26-18-20-4-6-21(7-5-20)19-29-15-10-23(30)11-16-29/h4-7,22-23,30H,3,8-19H2,1-2H3,(H2,25,26,27). The lowest BCUT2D eigenvalue weighted by atomic mass is 10.1. The predicted octanol–water partition coefficient (Wildman–Crippen LogP) is 1.81. The number of nitrogens with zero attached hydrogens (tertiary/aromatic N) is 3. The Hall–Kier alpha value is -1.67. The fourth-order valence-corrected chi connectivity index (χ4v) is 4.41. The monoisotopic (exact) mass is 431 g/mol. The Bertz CT molecular complexity index is 650. The Morgan fingerprint density at radius 1 is 1.03 bits per heavy atom. The molecule has 1 aromatic rings. The van der Waals surface area contributed by atoms with Crippen molar-refractivity contribution < 1.29 is 9.84 Å².